The van der Waals surface area contributed by atoms with E-state index in [2.05, 4.69) is 49.2 Å². The van der Waals surface area contributed by atoms with Gasteiger partial charge in [-0.2, -0.15) is 0 Å². The number of azo groups is 1. The monoisotopic (exact) mass is 266 g/mol. The van der Waals surface area contributed by atoms with Gasteiger partial charge in [0.05, 0.1) is 0 Å². The lowest BCUT2D eigenvalue weighted by atomic mass is 9.98. The predicted octanol–water partition coefficient (Wildman–Crippen LogP) is 3.91. The molecule has 6 nitrogen and oxygen atoms in total. The van der Waals surface area contributed by atoms with Crippen molar-refractivity contribution in [2.45, 2.75) is 33.6 Å². The fraction of sp³-hybridized carbons (Fsp3) is 0.385. The Morgan fingerprint density at radius 3 is 1.89 bits per heavy atom. The summed E-state index contributed by atoms with van der Waals surface area (Å²) in [5.41, 5.74) is 4.48. The second-order valence-electron chi connectivity index (χ2n) is 3.68. The summed E-state index contributed by atoms with van der Waals surface area (Å²) in [5.74, 6) is 0. The van der Waals surface area contributed by atoms with Gasteiger partial charge in [0, 0.05) is 0 Å². The molecule has 0 saturated carbocycles. The van der Waals surface area contributed by atoms with E-state index in [4.69, 9.17) is 10.2 Å². The molecule has 1 aromatic carbocycles. The van der Waals surface area contributed by atoms with E-state index in [-0.39, 0.29) is 0 Å². The number of nitrogens with zero attached hydrogens (tertiary/aromatic N) is 2. The molecule has 0 aliphatic rings. The molecule has 2 N–H and O–H groups in total. The molecule has 6 heteroatoms. The lowest BCUT2D eigenvalue weighted by Gasteiger charge is -2.07. The largest absolute Gasteiger partial charge is 0.462 e. The zero-order valence-electron chi connectivity index (χ0n) is 11.3. The highest BCUT2D eigenvalue weighted by molar-refractivity contribution is 5.70. The Morgan fingerprint density at radius 2 is 1.58 bits per heavy atom. The molecule has 0 heterocycles. The van der Waals surface area contributed by atoms with Crippen LogP contribution in [-0.2, 0) is 12.8 Å². The number of aryl methyl sites for hydroxylation is 2. The molecule has 0 radical (unpaired) electrons. The average Bonchev–Trinajstić information content (AvgIpc) is 2.36. The zero-order chi connectivity index (χ0) is 14.8. The van der Waals surface area contributed by atoms with Gasteiger partial charge >= 0.3 is 12.2 Å². The van der Waals surface area contributed by atoms with Crippen LogP contribution >= 0.6 is 0 Å². The van der Waals surface area contributed by atoms with Gasteiger partial charge in [-0.15, -0.1) is 0 Å². The van der Waals surface area contributed by atoms with Gasteiger partial charge in [-0.25, -0.2) is 9.59 Å². The van der Waals surface area contributed by atoms with E-state index in [9.17, 15) is 9.59 Å². The van der Waals surface area contributed by atoms with E-state index >= 15 is 0 Å². The van der Waals surface area contributed by atoms with Crippen molar-refractivity contribution >= 4 is 12.2 Å². The summed E-state index contributed by atoms with van der Waals surface area (Å²) in [4.78, 5) is 18.8. The SMILES string of the molecule is CCc1cccc(C)c1CC.O=C(O)/N=N/C(=O)O. The summed E-state index contributed by atoms with van der Waals surface area (Å²) in [7, 11) is 0. The number of hydrogen-bond donors (Lipinski definition) is 2. The molecule has 0 fully saturated rings. The van der Waals surface area contributed by atoms with Crippen molar-refractivity contribution in [2.75, 3.05) is 0 Å². The fourth-order valence-electron chi connectivity index (χ4n) is 1.69. The predicted molar refractivity (Wildman–Crippen MR) is 70.8 cm³/mol. The number of carboxylic acid groups (broad SMARTS) is 2. The summed E-state index contributed by atoms with van der Waals surface area (Å²) < 4.78 is 0. The van der Waals surface area contributed by atoms with Crippen LogP contribution < -0.4 is 0 Å². The minimum atomic E-state index is -1.62. The van der Waals surface area contributed by atoms with Crippen LogP contribution in [0, 0.1) is 6.92 Å². The fourth-order valence-corrected chi connectivity index (χ4v) is 1.69. The van der Waals surface area contributed by atoms with E-state index in [0.29, 0.717) is 0 Å². The van der Waals surface area contributed by atoms with Crippen LogP contribution in [0.2, 0.25) is 0 Å². The number of amides is 2. The van der Waals surface area contributed by atoms with Crippen LogP contribution in [-0.4, -0.2) is 22.4 Å². The second kappa shape index (κ2) is 8.79. The van der Waals surface area contributed by atoms with Gasteiger partial charge in [0.1, 0.15) is 0 Å². The van der Waals surface area contributed by atoms with E-state index in [1.54, 1.807) is 0 Å². The molecular formula is C13H18N2O4. The second-order valence-corrected chi connectivity index (χ2v) is 3.68. The highest BCUT2D eigenvalue weighted by atomic mass is 16.4. The van der Waals surface area contributed by atoms with Crippen molar-refractivity contribution < 1.29 is 19.8 Å². The molecule has 0 bridgehead atoms. The minimum absolute atomic E-state index is 1.16. The van der Waals surface area contributed by atoms with Crippen molar-refractivity contribution in [3.63, 3.8) is 0 Å². The first-order valence-corrected chi connectivity index (χ1v) is 5.87. The summed E-state index contributed by atoms with van der Waals surface area (Å²) in [6, 6.07) is 6.57. The zero-order valence-corrected chi connectivity index (χ0v) is 11.3. The van der Waals surface area contributed by atoms with E-state index in [1.165, 1.54) is 16.7 Å². The quantitative estimate of drug-likeness (QED) is 0.792. The van der Waals surface area contributed by atoms with Gasteiger partial charge in [0.2, 0.25) is 0 Å². The lowest BCUT2D eigenvalue weighted by molar-refractivity contribution is 0.194. The summed E-state index contributed by atoms with van der Waals surface area (Å²) in [6.45, 7) is 6.63. The van der Waals surface area contributed by atoms with E-state index in [0.717, 1.165) is 12.8 Å². The van der Waals surface area contributed by atoms with Crippen molar-refractivity contribution in [1.82, 2.24) is 0 Å². The van der Waals surface area contributed by atoms with Crippen LogP contribution in [0.1, 0.15) is 30.5 Å². The van der Waals surface area contributed by atoms with E-state index < -0.39 is 12.2 Å². The standard InChI is InChI=1S/C11H16.C2H2N2O4/c1-4-10-8-6-7-9(3)11(10)5-2;5-1(6)3-4-2(7)8/h6-8H,4-5H2,1-3H3;(H,5,6)(H,7,8)/b;4-3+. The Kier molecular flexibility index (Phi) is 7.76. The topological polar surface area (TPSA) is 99.3 Å². The third kappa shape index (κ3) is 6.92. The molecule has 1 rings (SSSR count). The highest BCUT2D eigenvalue weighted by Gasteiger charge is 1.99. The molecule has 1 aromatic rings. The number of benzene rings is 1. The Balaban J connectivity index is 0.000000362. The molecule has 0 unspecified atom stereocenters. The maximum absolute atomic E-state index is 9.38. The van der Waals surface area contributed by atoms with Crippen LogP contribution in [0.4, 0.5) is 9.59 Å². The third-order valence-electron chi connectivity index (χ3n) is 2.46. The summed E-state index contributed by atoms with van der Waals surface area (Å²) in [5, 5.41) is 19.8. The van der Waals surface area contributed by atoms with Gasteiger partial charge in [-0.3, -0.25) is 0 Å². The maximum Gasteiger partial charge on any atom is 0.450 e. The van der Waals surface area contributed by atoms with Gasteiger partial charge in [-0.1, -0.05) is 42.3 Å². The Bertz CT molecular complexity index is 454. The van der Waals surface area contributed by atoms with Gasteiger partial charge in [0.15, 0.2) is 0 Å². The smallest absolute Gasteiger partial charge is 0.450 e. The highest BCUT2D eigenvalue weighted by Crippen LogP contribution is 2.14. The molecule has 104 valence electrons. The van der Waals surface area contributed by atoms with Crippen LogP contribution in [0.15, 0.2) is 28.4 Å². The van der Waals surface area contributed by atoms with Crippen molar-refractivity contribution in [3.05, 3.63) is 34.9 Å². The maximum atomic E-state index is 9.38. The Hall–Kier alpha value is -2.24. The molecule has 2 amide bonds. The Morgan fingerprint density at radius 1 is 1.05 bits per heavy atom. The molecule has 0 aliphatic carbocycles. The normalized spacial score (nSPS) is 9.84. The summed E-state index contributed by atoms with van der Waals surface area (Å²) >= 11 is 0. The molecule has 0 spiro atoms. The first-order valence-electron chi connectivity index (χ1n) is 5.87. The van der Waals surface area contributed by atoms with Crippen LogP contribution in [0.25, 0.3) is 0 Å². The molecular weight excluding hydrogens is 248 g/mol. The molecule has 0 aliphatic heterocycles. The van der Waals surface area contributed by atoms with Crippen molar-refractivity contribution in [3.8, 4) is 0 Å². The molecule has 19 heavy (non-hydrogen) atoms. The Labute approximate surface area is 111 Å². The van der Waals surface area contributed by atoms with Crippen molar-refractivity contribution in [1.29, 1.82) is 0 Å². The minimum Gasteiger partial charge on any atom is -0.462 e. The van der Waals surface area contributed by atoms with Gasteiger partial charge in [-0.05, 0) is 36.5 Å². The van der Waals surface area contributed by atoms with Crippen LogP contribution in [0.3, 0.4) is 0 Å². The van der Waals surface area contributed by atoms with Gasteiger partial charge in [0.25, 0.3) is 0 Å². The number of carbonyl (C=O) groups is 2. The first-order chi connectivity index (χ1) is 8.92. The van der Waals surface area contributed by atoms with Crippen molar-refractivity contribution in [2.24, 2.45) is 10.2 Å². The molecule has 0 aromatic heterocycles. The molecule has 0 saturated heterocycles. The summed E-state index contributed by atoms with van der Waals surface area (Å²) in [6.07, 6.45) is -0.916. The van der Waals surface area contributed by atoms with Gasteiger partial charge < -0.3 is 10.2 Å². The third-order valence-corrected chi connectivity index (χ3v) is 2.46. The average molecular weight is 266 g/mol. The lowest BCUT2D eigenvalue weighted by Crippen LogP contribution is -1.93. The molecule has 0 atom stereocenters. The first kappa shape index (κ1) is 16.8. The number of rotatable bonds is 2. The van der Waals surface area contributed by atoms with E-state index in [1.807, 2.05) is 0 Å². The number of hydrogen-bond acceptors (Lipinski definition) is 2. The van der Waals surface area contributed by atoms with Crippen LogP contribution in [0.5, 0.6) is 0 Å².